The monoisotopic (exact) mass is 243 g/mol. The number of aliphatic hydroxyl groups excluding tert-OH is 2. The summed E-state index contributed by atoms with van der Waals surface area (Å²) < 4.78 is 0. The lowest BCUT2D eigenvalue weighted by molar-refractivity contribution is 0.113. The first-order valence-electron chi connectivity index (χ1n) is 5.20. The molecule has 0 fully saturated rings. The van der Waals surface area contributed by atoms with Crippen molar-refractivity contribution < 1.29 is 10.2 Å². The number of nitrogens with zero attached hydrogens (tertiary/aromatic N) is 2. The standard InChI is InChI=1S/C10H17N3O2S/c1-2-3-9-12-8(11)4-10(13-9)16-6-7(15)5-14/h4,7,14-15H,2-3,5-6H2,1H3,(H2,11,12,13). The van der Waals surface area contributed by atoms with E-state index >= 15 is 0 Å². The van der Waals surface area contributed by atoms with Gasteiger partial charge in [0.15, 0.2) is 0 Å². The quantitative estimate of drug-likeness (QED) is 0.496. The highest BCUT2D eigenvalue weighted by molar-refractivity contribution is 7.99. The van der Waals surface area contributed by atoms with Crippen molar-refractivity contribution in [3.63, 3.8) is 0 Å². The molecule has 0 aliphatic carbocycles. The molecular weight excluding hydrogens is 226 g/mol. The molecule has 1 rings (SSSR count). The zero-order chi connectivity index (χ0) is 12.0. The molecule has 1 aromatic rings. The average molecular weight is 243 g/mol. The average Bonchev–Trinajstić information content (AvgIpc) is 2.25. The third kappa shape index (κ3) is 4.34. The van der Waals surface area contributed by atoms with E-state index in [1.807, 2.05) is 0 Å². The molecule has 0 aromatic carbocycles. The van der Waals surface area contributed by atoms with Crippen molar-refractivity contribution >= 4 is 17.6 Å². The van der Waals surface area contributed by atoms with Crippen molar-refractivity contribution in [1.82, 2.24) is 9.97 Å². The minimum absolute atomic E-state index is 0.241. The molecule has 0 bridgehead atoms. The van der Waals surface area contributed by atoms with Crippen molar-refractivity contribution in [2.45, 2.75) is 30.9 Å². The molecule has 6 heteroatoms. The SMILES string of the molecule is CCCc1nc(N)cc(SCC(O)CO)n1. The van der Waals surface area contributed by atoms with Crippen molar-refractivity contribution in [2.75, 3.05) is 18.1 Å². The first-order valence-corrected chi connectivity index (χ1v) is 6.19. The van der Waals surface area contributed by atoms with Crippen LogP contribution in [0.2, 0.25) is 0 Å². The molecule has 1 aromatic heterocycles. The molecule has 0 saturated heterocycles. The van der Waals surface area contributed by atoms with Gasteiger partial charge in [0, 0.05) is 18.2 Å². The van der Waals surface area contributed by atoms with Crippen molar-refractivity contribution in [3.8, 4) is 0 Å². The normalized spacial score (nSPS) is 12.7. The number of nitrogen functional groups attached to an aromatic ring is 1. The van der Waals surface area contributed by atoms with E-state index in [0.29, 0.717) is 11.6 Å². The van der Waals surface area contributed by atoms with Crippen LogP contribution in [0, 0.1) is 0 Å². The van der Waals surface area contributed by atoms with Gasteiger partial charge in [0.25, 0.3) is 0 Å². The molecule has 5 nitrogen and oxygen atoms in total. The third-order valence-corrected chi connectivity index (χ3v) is 2.93. The summed E-state index contributed by atoms with van der Waals surface area (Å²) in [7, 11) is 0. The molecule has 0 aliphatic heterocycles. The van der Waals surface area contributed by atoms with Gasteiger partial charge in [0.1, 0.15) is 16.7 Å². The Morgan fingerprint density at radius 2 is 2.25 bits per heavy atom. The molecule has 0 aliphatic rings. The number of anilines is 1. The topological polar surface area (TPSA) is 92.3 Å². The van der Waals surface area contributed by atoms with Crippen LogP contribution < -0.4 is 5.73 Å². The van der Waals surface area contributed by atoms with Crippen molar-refractivity contribution in [1.29, 1.82) is 0 Å². The summed E-state index contributed by atoms with van der Waals surface area (Å²) in [6.07, 6.45) is 1.03. The highest BCUT2D eigenvalue weighted by atomic mass is 32.2. The molecule has 0 saturated carbocycles. The zero-order valence-electron chi connectivity index (χ0n) is 9.26. The van der Waals surface area contributed by atoms with E-state index in [0.717, 1.165) is 23.7 Å². The number of nitrogens with two attached hydrogens (primary N) is 1. The summed E-state index contributed by atoms with van der Waals surface area (Å²) in [5.74, 6) is 1.57. The fourth-order valence-electron chi connectivity index (χ4n) is 1.14. The Morgan fingerprint density at radius 3 is 2.88 bits per heavy atom. The van der Waals surface area contributed by atoms with E-state index < -0.39 is 6.10 Å². The van der Waals surface area contributed by atoms with Crippen LogP contribution in [-0.4, -0.2) is 38.6 Å². The predicted octanol–water partition coefficient (Wildman–Crippen LogP) is 0.457. The number of hydrogen-bond donors (Lipinski definition) is 3. The first-order chi connectivity index (χ1) is 7.65. The molecular formula is C10H17N3O2S. The lowest BCUT2D eigenvalue weighted by atomic mass is 10.3. The zero-order valence-corrected chi connectivity index (χ0v) is 10.1. The highest BCUT2D eigenvalue weighted by Crippen LogP contribution is 2.18. The maximum absolute atomic E-state index is 9.22. The number of hydrogen-bond acceptors (Lipinski definition) is 6. The molecule has 1 unspecified atom stereocenters. The fourth-order valence-corrected chi connectivity index (χ4v) is 1.98. The molecule has 16 heavy (non-hydrogen) atoms. The summed E-state index contributed by atoms with van der Waals surface area (Å²) in [6.45, 7) is 1.81. The van der Waals surface area contributed by atoms with Crippen molar-refractivity contribution in [2.24, 2.45) is 0 Å². The molecule has 0 radical (unpaired) electrons. The number of aliphatic hydroxyl groups is 2. The van der Waals surface area contributed by atoms with Crippen LogP contribution in [0.15, 0.2) is 11.1 Å². The van der Waals surface area contributed by atoms with Crippen molar-refractivity contribution in [3.05, 3.63) is 11.9 Å². The van der Waals surface area contributed by atoms with E-state index in [2.05, 4.69) is 16.9 Å². The Morgan fingerprint density at radius 1 is 1.50 bits per heavy atom. The van der Waals surface area contributed by atoms with Gasteiger partial charge in [-0.05, 0) is 6.42 Å². The summed E-state index contributed by atoms with van der Waals surface area (Å²) >= 11 is 1.37. The Kier molecular flexibility index (Phi) is 5.51. The molecule has 4 N–H and O–H groups in total. The second kappa shape index (κ2) is 6.67. The summed E-state index contributed by atoms with van der Waals surface area (Å²) in [4.78, 5) is 8.42. The van der Waals surface area contributed by atoms with E-state index in [1.165, 1.54) is 11.8 Å². The van der Waals surface area contributed by atoms with Gasteiger partial charge in [-0.15, -0.1) is 11.8 Å². The molecule has 90 valence electrons. The van der Waals surface area contributed by atoms with Crippen LogP contribution in [-0.2, 0) is 6.42 Å². The number of aryl methyl sites for hydroxylation is 1. The van der Waals surface area contributed by atoms with Crippen LogP contribution in [0.25, 0.3) is 0 Å². The first kappa shape index (κ1) is 13.2. The maximum atomic E-state index is 9.22. The third-order valence-electron chi connectivity index (χ3n) is 1.88. The van der Waals surface area contributed by atoms with Gasteiger partial charge in [-0.1, -0.05) is 6.92 Å². The number of aromatic nitrogens is 2. The van der Waals surface area contributed by atoms with Gasteiger partial charge in [0.2, 0.25) is 0 Å². The van der Waals surface area contributed by atoms with E-state index in [1.54, 1.807) is 6.07 Å². The fraction of sp³-hybridized carbons (Fsp3) is 0.600. The predicted molar refractivity (Wildman–Crippen MR) is 64.3 cm³/mol. The minimum Gasteiger partial charge on any atom is -0.394 e. The largest absolute Gasteiger partial charge is 0.394 e. The minimum atomic E-state index is -0.726. The summed E-state index contributed by atoms with van der Waals surface area (Å²) in [5, 5.41) is 18.6. The van der Waals surface area contributed by atoms with E-state index in [4.69, 9.17) is 10.8 Å². The van der Waals surface area contributed by atoms with Gasteiger partial charge in [-0.2, -0.15) is 0 Å². The molecule has 1 heterocycles. The van der Waals surface area contributed by atoms with Crippen LogP contribution in [0.5, 0.6) is 0 Å². The van der Waals surface area contributed by atoms with Gasteiger partial charge in [-0.25, -0.2) is 9.97 Å². The molecule has 0 spiro atoms. The second-order valence-electron chi connectivity index (χ2n) is 3.44. The molecule has 0 amide bonds. The van der Waals surface area contributed by atoms with Gasteiger partial charge < -0.3 is 15.9 Å². The Labute approximate surface area is 99.1 Å². The van der Waals surface area contributed by atoms with E-state index in [9.17, 15) is 5.11 Å². The lowest BCUT2D eigenvalue weighted by Gasteiger charge is -2.07. The van der Waals surface area contributed by atoms with Crippen LogP contribution >= 0.6 is 11.8 Å². The molecule has 1 atom stereocenters. The van der Waals surface area contributed by atoms with Crippen LogP contribution in [0.3, 0.4) is 0 Å². The smallest absolute Gasteiger partial charge is 0.132 e. The Bertz CT molecular complexity index is 336. The second-order valence-corrected chi connectivity index (χ2v) is 4.48. The van der Waals surface area contributed by atoms with Crippen LogP contribution in [0.4, 0.5) is 5.82 Å². The maximum Gasteiger partial charge on any atom is 0.132 e. The number of thioether (sulfide) groups is 1. The van der Waals surface area contributed by atoms with Gasteiger partial charge in [0.05, 0.1) is 12.7 Å². The summed E-state index contributed by atoms with van der Waals surface area (Å²) in [5.41, 5.74) is 5.65. The lowest BCUT2D eigenvalue weighted by Crippen LogP contribution is -2.14. The summed E-state index contributed by atoms with van der Waals surface area (Å²) in [6, 6.07) is 1.67. The Hall–Kier alpha value is -0.850. The van der Waals surface area contributed by atoms with Gasteiger partial charge >= 0.3 is 0 Å². The highest BCUT2D eigenvalue weighted by Gasteiger charge is 2.06. The number of rotatable bonds is 6. The van der Waals surface area contributed by atoms with Gasteiger partial charge in [-0.3, -0.25) is 0 Å². The Balaban J connectivity index is 2.64. The van der Waals surface area contributed by atoms with E-state index in [-0.39, 0.29) is 6.61 Å². The van der Waals surface area contributed by atoms with Crippen LogP contribution in [0.1, 0.15) is 19.2 Å².